The summed E-state index contributed by atoms with van der Waals surface area (Å²) in [4.78, 5) is 2.37. The van der Waals surface area contributed by atoms with Gasteiger partial charge in [-0.2, -0.15) is 0 Å². The van der Waals surface area contributed by atoms with Crippen molar-refractivity contribution in [1.82, 2.24) is 4.90 Å². The molecule has 1 aliphatic rings. The molecule has 0 spiro atoms. The van der Waals surface area contributed by atoms with Gasteiger partial charge in [-0.15, -0.1) is 0 Å². The maximum absolute atomic E-state index is 6.03. The molecule has 0 aliphatic carbocycles. The van der Waals surface area contributed by atoms with E-state index >= 15 is 0 Å². The number of fused-ring (bicyclic) bond motifs is 1. The lowest BCUT2D eigenvalue weighted by Crippen LogP contribution is -2.42. The Morgan fingerprint density at radius 1 is 1.37 bits per heavy atom. The van der Waals surface area contributed by atoms with Crippen molar-refractivity contribution >= 4 is 5.69 Å². The second-order valence-electron chi connectivity index (χ2n) is 4.71. The molecule has 1 aromatic rings. The summed E-state index contributed by atoms with van der Waals surface area (Å²) in [5.74, 6) is 0.958. The monoisotopic (exact) mass is 264 g/mol. The van der Waals surface area contributed by atoms with Gasteiger partial charge in [0.05, 0.1) is 18.8 Å². The zero-order valence-electron chi connectivity index (χ0n) is 11.9. The van der Waals surface area contributed by atoms with Crippen LogP contribution in [0.1, 0.15) is 13.8 Å². The van der Waals surface area contributed by atoms with Gasteiger partial charge in [-0.3, -0.25) is 4.90 Å². The molecule has 0 bridgehead atoms. The molecule has 1 aromatic carbocycles. The summed E-state index contributed by atoms with van der Waals surface area (Å²) in [7, 11) is 0. The van der Waals surface area contributed by atoms with Crippen LogP contribution < -0.4 is 10.1 Å². The van der Waals surface area contributed by atoms with E-state index < -0.39 is 0 Å². The summed E-state index contributed by atoms with van der Waals surface area (Å²) in [6.45, 7) is 9.57. The zero-order chi connectivity index (χ0) is 13.5. The summed E-state index contributed by atoms with van der Waals surface area (Å²) >= 11 is 0. The Hall–Kier alpha value is -1.26. The lowest BCUT2D eigenvalue weighted by Gasteiger charge is -2.31. The maximum atomic E-state index is 6.03. The molecule has 1 aliphatic heterocycles. The first-order valence-corrected chi connectivity index (χ1v) is 7.13. The van der Waals surface area contributed by atoms with Crippen LogP contribution >= 0.6 is 0 Å². The Labute approximate surface area is 115 Å². The molecule has 1 unspecified atom stereocenters. The van der Waals surface area contributed by atoms with E-state index in [1.165, 1.54) is 0 Å². The van der Waals surface area contributed by atoms with Crippen molar-refractivity contribution in [2.45, 2.75) is 20.0 Å². The average Bonchev–Trinajstić information content (AvgIpc) is 2.46. The third kappa shape index (κ3) is 4.11. The van der Waals surface area contributed by atoms with Crippen LogP contribution in [-0.4, -0.2) is 50.4 Å². The molecule has 0 amide bonds. The Balaban J connectivity index is 1.83. The molecule has 1 heterocycles. The number of anilines is 1. The lowest BCUT2D eigenvalue weighted by molar-refractivity contribution is 0.0898. The molecule has 1 N–H and O–H groups in total. The molecular weight excluding hydrogens is 240 g/mol. The van der Waals surface area contributed by atoms with Crippen molar-refractivity contribution in [1.29, 1.82) is 0 Å². The van der Waals surface area contributed by atoms with Crippen molar-refractivity contribution in [3.63, 3.8) is 0 Å². The highest BCUT2D eigenvalue weighted by molar-refractivity contribution is 5.57. The van der Waals surface area contributed by atoms with Crippen LogP contribution in [0.5, 0.6) is 5.75 Å². The van der Waals surface area contributed by atoms with Crippen LogP contribution in [0.4, 0.5) is 5.69 Å². The summed E-state index contributed by atoms with van der Waals surface area (Å²) in [5, 5.41) is 3.43. The smallest absolute Gasteiger partial charge is 0.142 e. The highest BCUT2D eigenvalue weighted by atomic mass is 16.5. The number of likely N-dealkylation sites (N-methyl/N-ethyl adjacent to an activating group) is 1. The fraction of sp³-hybridized carbons (Fsp3) is 0.600. The van der Waals surface area contributed by atoms with E-state index in [1.54, 1.807) is 0 Å². The Bertz CT molecular complexity index is 384. The number of hydrogen-bond acceptors (Lipinski definition) is 4. The van der Waals surface area contributed by atoms with E-state index in [0.717, 1.165) is 50.8 Å². The minimum atomic E-state index is 0.205. The highest BCUT2D eigenvalue weighted by Gasteiger charge is 2.20. The number of nitrogens with zero attached hydrogens (tertiary/aromatic N) is 1. The average molecular weight is 264 g/mol. The largest absolute Gasteiger partial charge is 0.485 e. The second kappa shape index (κ2) is 7.36. The first-order chi connectivity index (χ1) is 9.33. The summed E-state index contributed by atoms with van der Waals surface area (Å²) in [6, 6.07) is 8.11. The first kappa shape index (κ1) is 14.2. The van der Waals surface area contributed by atoms with Crippen molar-refractivity contribution in [2.75, 3.05) is 44.7 Å². The zero-order valence-corrected chi connectivity index (χ0v) is 11.9. The SMILES string of the molecule is CCOCCN(CC)CC1CNc2ccccc2O1. The van der Waals surface area contributed by atoms with Crippen LogP contribution in [0, 0.1) is 0 Å². The van der Waals surface area contributed by atoms with Crippen LogP contribution in [-0.2, 0) is 4.74 Å². The van der Waals surface area contributed by atoms with Gasteiger partial charge >= 0.3 is 0 Å². The molecule has 19 heavy (non-hydrogen) atoms. The van der Waals surface area contributed by atoms with Gasteiger partial charge in [0.25, 0.3) is 0 Å². The van der Waals surface area contributed by atoms with E-state index in [4.69, 9.17) is 9.47 Å². The third-order valence-corrected chi connectivity index (χ3v) is 3.37. The topological polar surface area (TPSA) is 33.7 Å². The van der Waals surface area contributed by atoms with Gasteiger partial charge in [-0.05, 0) is 25.6 Å². The minimum absolute atomic E-state index is 0.205. The predicted molar refractivity (Wildman–Crippen MR) is 78.0 cm³/mol. The van der Waals surface area contributed by atoms with E-state index in [0.29, 0.717) is 0 Å². The van der Waals surface area contributed by atoms with Gasteiger partial charge in [-0.25, -0.2) is 0 Å². The quantitative estimate of drug-likeness (QED) is 0.766. The van der Waals surface area contributed by atoms with Gasteiger partial charge in [0.1, 0.15) is 11.9 Å². The van der Waals surface area contributed by atoms with E-state index in [-0.39, 0.29) is 6.10 Å². The standard InChI is InChI=1S/C15H24N2O2/c1-3-17(9-10-18-4-2)12-13-11-16-14-7-5-6-8-15(14)19-13/h5-8,13,16H,3-4,9-12H2,1-2H3. The molecule has 2 rings (SSSR count). The van der Waals surface area contributed by atoms with Gasteiger partial charge in [0.15, 0.2) is 0 Å². The molecule has 0 saturated carbocycles. The van der Waals surface area contributed by atoms with Crippen molar-refractivity contribution < 1.29 is 9.47 Å². The Morgan fingerprint density at radius 2 is 2.21 bits per heavy atom. The van der Waals surface area contributed by atoms with Crippen LogP contribution in [0.15, 0.2) is 24.3 Å². The summed E-state index contributed by atoms with van der Waals surface area (Å²) in [5.41, 5.74) is 1.09. The normalized spacial score (nSPS) is 17.7. The predicted octanol–water partition coefficient (Wildman–Crippen LogP) is 2.22. The number of para-hydroxylation sites is 2. The maximum Gasteiger partial charge on any atom is 0.142 e. The van der Waals surface area contributed by atoms with Crippen LogP contribution in [0.3, 0.4) is 0 Å². The van der Waals surface area contributed by atoms with Gasteiger partial charge in [0.2, 0.25) is 0 Å². The molecule has 0 aromatic heterocycles. The van der Waals surface area contributed by atoms with Crippen molar-refractivity contribution in [2.24, 2.45) is 0 Å². The molecule has 0 radical (unpaired) electrons. The van der Waals surface area contributed by atoms with Crippen molar-refractivity contribution in [3.8, 4) is 5.75 Å². The molecule has 0 saturated heterocycles. The van der Waals surface area contributed by atoms with E-state index in [2.05, 4.69) is 23.2 Å². The molecule has 4 nitrogen and oxygen atoms in total. The van der Waals surface area contributed by atoms with E-state index in [1.807, 2.05) is 25.1 Å². The highest BCUT2D eigenvalue weighted by Crippen LogP contribution is 2.28. The second-order valence-corrected chi connectivity index (χ2v) is 4.71. The molecule has 106 valence electrons. The van der Waals surface area contributed by atoms with Crippen LogP contribution in [0.2, 0.25) is 0 Å². The van der Waals surface area contributed by atoms with Gasteiger partial charge in [-0.1, -0.05) is 19.1 Å². The van der Waals surface area contributed by atoms with E-state index in [9.17, 15) is 0 Å². The fourth-order valence-electron chi connectivity index (χ4n) is 2.27. The number of nitrogens with one attached hydrogen (secondary N) is 1. The fourth-order valence-corrected chi connectivity index (χ4v) is 2.27. The first-order valence-electron chi connectivity index (χ1n) is 7.13. The molecule has 0 fully saturated rings. The number of hydrogen-bond donors (Lipinski definition) is 1. The summed E-state index contributed by atoms with van der Waals surface area (Å²) < 4.78 is 11.4. The molecular formula is C15H24N2O2. The van der Waals surface area contributed by atoms with Crippen molar-refractivity contribution in [3.05, 3.63) is 24.3 Å². The van der Waals surface area contributed by atoms with Gasteiger partial charge < -0.3 is 14.8 Å². The number of rotatable bonds is 7. The third-order valence-electron chi connectivity index (χ3n) is 3.37. The Morgan fingerprint density at radius 3 is 3.00 bits per heavy atom. The number of ether oxygens (including phenoxy) is 2. The lowest BCUT2D eigenvalue weighted by atomic mass is 10.2. The molecule has 4 heteroatoms. The molecule has 1 atom stereocenters. The number of benzene rings is 1. The Kier molecular flexibility index (Phi) is 5.48. The van der Waals surface area contributed by atoms with Crippen LogP contribution in [0.25, 0.3) is 0 Å². The summed E-state index contributed by atoms with van der Waals surface area (Å²) in [6.07, 6.45) is 0.205. The minimum Gasteiger partial charge on any atom is -0.485 e. The van der Waals surface area contributed by atoms with Gasteiger partial charge in [0, 0.05) is 19.7 Å².